The maximum Gasteiger partial charge on any atom is 0.131 e. The Morgan fingerprint density at radius 1 is 1.38 bits per heavy atom. The third-order valence-corrected chi connectivity index (χ3v) is 3.10. The lowest BCUT2D eigenvalue weighted by Crippen LogP contribution is -2.29. The van der Waals surface area contributed by atoms with Crippen molar-refractivity contribution in [2.75, 3.05) is 6.54 Å². The Labute approximate surface area is 94.4 Å². The van der Waals surface area contributed by atoms with Gasteiger partial charge in [0.25, 0.3) is 0 Å². The van der Waals surface area contributed by atoms with E-state index in [0.717, 1.165) is 36.7 Å². The van der Waals surface area contributed by atoms with E-state index in [1.54, 1.807) is 6.26 Å². The fraction of sp³-hybridized carbons (Fsp3) is 0.385. The van der Waals surface area contributed by atoms with Crippen molar-refractivity contribution in [1.29, 1.82) is 0 Å². The number of hydrogen-bond acceptors (Lipinski definition) is 3. The number of nitrogens with one attached hydrogen (secondary N) is 1. The summed E-state index contributed by atoms with van der Waals surface area (Å²) in [6.45, 7) is 3.06. The summed E-state index contributed by atoms with van der Waals surface area (Å²) in [6.07, 6.45) is 3.72. The molecule has 0 aromatic carbocycles. The lowest BCUT2D eigenvalue weighted by atomic mass is 10.0. The predicted octanol–water partition coefficient (Wildman–Crippen LogP) is 2.67. The standard InChI is InChI=1S/C13H15NO2/c1-2-10-3-4-11(16-10)12-13-9(5-7-14-12)6-8-15-13/h3-4,6,8,12,14H,2,5,7H2,1H3. The van der Waals surface area contributed by atoms with Crippen LogP contribution in [0, 0.1) is 0 Å². The Morgan fingerprint density at radius 2 is 2.31 bits per heavy atom. The minimum atomic E-state index is 0.0825. The van der Waals surface area contributed by atoms with Crippen LogP contribution in [0.2, 0.25) is 0 Å². The van der Waals surface area contributed by atoms with E-state index in [1.165, 1.54) is 5.56 Å². The van der Waals surface area contributed by atoms with Gasteiger partial charge in [0.15, 0.2) is 0 Å². The molecule has 0 spiro atoms. The van der Waals surface area contributed by atoms with Gasteiger partial charge in [0.05, 0.1) is 6.26 Å². The molecule has 0 bridgehead atoms. The molecule has 2 aromatic rings. The van der Waals surface area contributed by atoms with Crippen LogP contribution in [0.25, 0.3) is 0 Å². The van der Waals surface area contributed by atoms with Gasteiger partial charge in [-0.15, -0.1) is 0 Å². The third-order valence-electron chi connectivity index (χ3n) is 3.10. The van der Waals surface area contributed by atoms with Gasteiger partial charge in [0, 0.05) is 13.0 Å². The molecule has 3 heteroatoms. The number of furan rings is 2. The zero-order valence-corrected chi connectivity index (χ0v) is 9.32. The Morgan fingerprint density at radius 3 is 3.12 bits per heavy atom. The Hall–Kier alpha value is -1.48. The van der Waals surface area contributed by atoms with Crippen LogP contribution >= 0.6 is 0 Å². The van der Waals surface area contributed by atoms with E-state index in [4.69, 9.17) is 8.83 Å². The van der Waals surface area contributed by atoms with Gasteiger partial charge in [-0.3, -0.25) is 0 Å². The molecule has 1 unspecified atom stereocenters. The molecule has 3 rings (SSSR count). The topological polar surface area (TPSA) is 38.3 Å². The molecule has 0 aliphatic carbocycles. The van der Waals surface area contributed by atoms with Crippen molar-refractivity contribution in [2.24, 2.45) is 0 Å². The highest BCUT2D eigenvalue weighted by molar-refractivity contribution is 5.29. The van der Waals surface area contributed by atoms with Crippen LogP contribution in [0.4, 0.5) is 0 Å². The van der Waals surface area contributed by atoms with Crippen molar-refractivity contribution >= 4 is 0 Å². The van der Waals surface area contributed by atoms with Crippen molar-refractivity contribution < 1.29 is 8.83 Å². The lowest BCUT2D eigenvalue weighted by Gasteiger charge is -2.20. The van der Waals surface area contributed by atoms with Crippen molar-refractivity contribution in [3.63, 3.8) is 0 Å². The molecule has 84 valence electrons. The third kappa shape index (κ3) is 1.48. The molecule has 0 saturated heterocycles. The molecule has 1 aliphatic heterocycles. The summed E-state index contributed by atoms with van der Waals surface area (Å²) in [5, 5.41) is 3.43. The van der Waals surface area contributed by atoms with Crippen LogP contribution in [-0.2, 0) is 12.8 Å². The van der Waals surface area contributed by atoms with Crippen LogP contribution in [-0.4, -0.2) is 6.54 Å². The first kappa shape index (κ1) is 9.73. The summed E-state index contributed by atoms with van der Waals surface area (Å²) in [5.74, 6) is 2.98. The van der Waals surface area contributed by atoms with E-state index < -0.39 is 0 Å². The first-order valence-electron chi connectivity index (χ1n) is 5.76. The SMILES string of the molecule is CCc1ccc(C2NCCc3ccoc32)o1. The zero-order chi connectivity index (χ0) is 11.0. The van der Waals surface area contributed by atoms with E-state index in [-0.39, 0.29) is 6.04 Å². The first-order valence-corrected chi connectivity index (χ1v) is 5.76. The quantitative estimate of drug-likeness (QED) is 0.840. The van der Waals surface area contributed by atoms with Crippen LogP contribution in [0.3, 0.4) is 0 Å². The number of aryl methyl sites for hydroxylation is 1. The maximum absolute atomic E-state index is 5.78. The molecule has 3 nitrogen and oxygen atoms in total. The Kier molecular flexibility index (Phi) is 2.33. The Balaban J connectivity index is 1.97. The molecule has 1 N–H and O–H groups in total. The van der Waals surface area contributed by atoms with Crippen molar-refractivity contribution in [3.8, 4) is 0 Å². The monoisotopic (exact) mass is 217 g/mol. The van der Waals surface area contributed by atoms with Gasteiger partial charge in [-0.2, -0.15) is 0 Å². The smallest absolute Gasteiger partial charge is 0.131 e. The molecule has 1 atom stereocenters. The summed E-state index contributed by atoms with van der Waals surface area (Å²) in [4.78, 5) is 0. The second kappa shape index (κ2) is 3.83. The van der Waals surface area contributed by atoms with Crippen LogP contribution < -0.4 is 5.32 Å². The second-order valence-corrected chi connectivity index (χ2v) is 4.10. The highest BCUT2D eigenvalue weighted by Gasteiger charge is 2.26. The molecule has 3 heterocycles. The van der Waals surface area contributed by atoms with Gasteiger partial charge < -0.3 is 14.2 Å². The van der Waals surface area contributed by atoms with E-state index >= 15 is 0 Å². The van der Waals surface area contributed by atoms with Gasteiger partial charge in [-0.05, 0) is 30.2 Å². The normalized spacial score (nSPS) is 19.7. The largest absolute Gasteiger partial charge is 0.467 e. The van der Waals surface area contributed by atoms with Crippen molar-refractivity contribution in [3.05, 3.63) is 47.3 Å². The molecule has 0 radical (unpaired) electrons. The van der Waals surface area contributed by atoms with E-state index in [0.29, 0.717) is 0 Å². The molecule has 16 heavy (non-hydrogen) atoms. The fourth-order valence-electron chi connectivity index (χ4n) is 2.22. The second-order valence-electron chi connectivity index (χ2n) is 4.10. The minimum absolute atomic E-state index is 0.0825. The fourth-order valence-corrected chi connectivity index (χ4v) is 2.22. The average molecular weight is 217 g/mol. The van der Waals surface area contributed by atoms with E-state index in [2.05, 4.69) is 12.2 Å². The Bertz CT molecular complexity index is 484. The summed E-state index contributed by atoms with van der Waals surface area (Å²) in [6, 6.07) is 6.20. The highest BCUT2D eigenvalue weighted by Crippen LogP contribution is 2.30. The molecule has 0 amide bonds. The molecular weight excluding hydrogens is 202 g/mol. The summed E-state index contributed by atoms with van der Waals surface area (Å²) >= 11 is 0. The van der Waals surface area contributed by atoms with E-state index in [1.807, 2.05) is 18.2 Å². The van der Waals surface area contributed by atoms with Crippen LogP contribution in [0.15, 0.2) is 33.3 Å². The predicted molar refractivity (Wildman–Crippen MR) is 60.3 cm³/mol. The maximum atomic E-state index is 5.78. The number of hydrogen-bond donors (Lipinski definition) is 1. The van der Waals surface area contributed by atoms with Crippen molar-refractivity contribution in [2.45, 2.75) is 25.8 Å². The summed E-state index contributed by atoms with van der Waals surface area (Å²) in [7, 11) is 0. The minimum Gasteiger partial charge on any atom is -0.467 e. The van der Waals surface area contributed by atoms with Crippen LogP contribution in [0.5, 0.6) is 0 Å². The van der Waals surface area contributed by atoms with Crippen molar-refractivity contribution in [1.82, 2.24) is 5.32 Å². The number of rotatable bonds is 2. The average Bonchev–Trinajstić information content (AvgIpc) is 2.97. The van der Waals surface area contributed by atoms with Crippen LogP contribution in [0.1, 0.15) is 35.8 Å². The van der Waals surface area contributed by atoms with Gasteiger partial charge in [-0.1, -0.05) is 6.92 Å². The highest BCUT2D eigenvalue weighted by atomic mass is 16.4. The summed E-state index contributed by atoms with van der Waals surface area (Å²) in [5.41, 5.74) is 1.29. The first-order chi connectivity index (χ1) is 7.88. The molecular formula is C13H15NO2. The lowest BCUT2D eigenvalue weighted by molar-refractivity contribution is 0.363. The number of fused-ring (bicyclic) bond motifs is 1. The van der Waals surface area contributed by atoms with Gasteiger partial charge in [-0.25, -0.2) is 0 Å². The summed E-state index contributed by atoms with van der Waals surface area (Å²) < 4.78 is 11.3. The van der Waals surface area contributed by atoms with E-state index in [9.17, 15) is 0 Å². The van der Waals surface area contributed by atoms with Gasteiger partial charge in [0.2, 0.25) is 0 Å². The zero-order valence-electron chi connectivity index (χ0n) is 9.32. The molecule has 1 aliphatic rings. The van der Waals surface area contributed by atoms with Gasteiger partial charge >= 0.3 is 0 Å². The molecule has 0 fully saturated rings. The molecule has 0 saturated carbocycles. The molecule has 2 aromatic heterocycles. The van der Waals surface area contributed by atoms with Gasteiger partial charge in [0.1, 0.15) is 23.3 Å².